The van der Waals surface area contributed by atoms with Gasteiger partial charge >= 0.3 is 0 Å². The molecule has 0 bridgehead atoms. The van der Waals surface area contributed by atoms with Gasteiger partial charge in [0.05, 0.1) is 0 Å². The molecule has 0 fully saturated rings. The summed E-state index contributed by atoms with van der Waals surface area (Å²) in [7, 11) is 0. The minimum atomic E-state index is 0.184. The van der Waals surface area contributed by atoms with E-state index in [2.05, 4.69) is 17.1 Å². The van der Waals surface area contributed by atoms with Gasteiger partial charge in [0.1, 0.15) is 0 Å². The number of rotatable bonds is 4. The van der Waals surface area contributed by atoms with Crippen LogP contribution in [0.3, 0.4) is 0 Å². The fourth-order valence-electron chi connectivity index (χ4n) is 1.15. The average molecular weight is 221 g/mol. The summed E-state index contributed by atoms with van der Waals surface area (Å²) in [4.78, 5) is 14.7. The molecule has 1 aromatic rings. The Hall–Kier alpha value is -1.09. The van der Waals surface area contributed by atoms with E-state index in [4.69, 9.17) is 0 Å². The van der Waals surface area contributed by atoms with Crippen molar-refractivity contribution in [3.63, 3.8) is 0 Å². The quantitative estimate of drug-likeness (QED) is 0.732. The molecule has 80 valence electrons. The first kappa shape index (κ1) is 12.0. The van der Waals surface area contributed by atoms with Crippen molar-refractivity contribution in [1.82, 2.24) is 4.98 Å². The minimum absolute atomic E-state index is 0.184. The third kappa shape index (κ3) is 4.79. The van der Waals surface area contributed by atoms with Crippen LogP contribution in [0.2, 0.25) is 0 Å². The number of carbonyl (C=O) groups is 1. The fourth-order valence-corrected chi connectivity index (χ4v) is 1.69. The number of aryl methyl sites for hydroxylation is 1. The number of hydrogen-bond donors (Lipinski definition) is 0. The van der Waals surface area contributed by atoms with Gasteiger partial charge in [0.15, 0.2) is 5.12 Å². The Morgan fingerprint density at radius 1 is 1.60 bits per heavy atom. The number of pyridine rings is 1. The molecule has 0 N–H and O–H groups in total. The molecule has 0 aromatic carbocycles. The first-order valence-electron chi connectivity index (χ1n) is 4.90. The Bertz CT molecular complexity index is 360. The standard InChI is InChI=1S/C12H15NOS/c1-10-9-13-7-6-12(10)5-3-4-8-15-11(2)14/h3,5-7,9H,4,8H2,1-2H3. The Balaban J connectivity index is 2.38. The van der Waals surface area contributed by atoms with Gasteiger partial charge in [0.2, 0.25) is 0 Å². The van der Waals surface area contributed by atoms with Crippen molar-refractivity contribution in [3.8, 4) is 0 Å². The molecule has 0 saturated heterocycles. The van der Waals surface area contributed by atoms with Crippen LogP contribution in [0.15, 0.2) is 24.5 Å². The van der Waals surface area contributed by atoms with Gasteiger partial charge in [-0.1, -0.05) is 23.9 Å². The number of carbonyl (C=O) groups excluding carboxylic acids is 1. The van der Waals surface area contributed by atoms with Crippen molar-refractivity contribution in [3.05, 3.63) is 35.7 Å². The molecule has 0 spiro atoms. The number of aromatic nitrogens is 1. The highest BCUT2D eigenvalue weighted by molar-refractivity contribution is 8.13. The van der Waals surface area contributed by atoms with Gasteiger partial charge in [-0.2, -0.15) is 0 Å². The predicted octanol–water partition coefficient (Wildman–Crippen LogP) is 3.07. The molecule has 15 heavy (non-hydrogen) atoms. The van der Waals surface area contributed by atoms with Crippen LogP contribution in [-0.4, -0.2) is 15.9 Å². The summed E-state index contributed by atoms with van der Waals surface area (Å²) in [6.07, 6.45) is 8.74. The van der Waals surface area contributed by atoms with Gasteiger partial charge in [-0.05, 0) is 30.5 Å². The normalized spacial score (nSPS) is 10.8. The van der Waals surface area contributed by atoms with E-state index in [9.17, 15) is 4.79 Å². The Morgan fingerprint density at radius 2 is 2.40 bits per heavy atom. The Labute approximate surface area is 94.8 Å². The zero-order valence-corrected chi connectivity index (χ0v) is 9.88. The average Bonchev–Trinajstić information content (AvgIpc) is 2.20. The molecule has 0 saturated carbocycles. The number of allylic oxidation sites excluding steroid dienone is 1. The van der Waals surface area contributed by atoms with Crippen molar-refractivity contribution in [2.45, 2.75) is 20.3 Å². The molecule has 1 rings (SSSR count). The molecule has 0 amide bonds. The van der Waals surface area contributed by atoms with Crippen LogP contribution in [0.25, 0.3) is 6.08 Å². The first-order valence-corrected chi connectivity index (χ1v) is 5.89. The van der Waals surface area contributed by atoms with Crippen LogP contribution in [-0.2, 0) is 4.79 Å². The molecule has 0 unspecified atom stereocenters. The molecule has 0 radical (unpaired) electrons. The molecule has 2 nitrogen and oxygen atoms in total. The summed E-state index contributed by atoms with van der Waals surface area (Å²) in [5.74, 6) is 0.857. The van der Waals surface area contributed by atoms with Crippen LogP contribution in [0.1, 0.15) is 24.5 Å². The van der Waals surface area contributed by atoms with Gasteiger partial charge in [-0.3, -0.25) is 9.78 Å². The zero-order valence-electron chi connectivity index (χ0n) is 9.06. The summed E-state index contributed by atoms with van der Waals surface area (Å²) in [5.41, 5.74) is 2.37. The number of hydrogen-bond acceptors (Lipinski definition) is 3. The summed E-state index contributed by atoms with van der Waals surface area (Å²) >= 11 is 1.37. The summed E-state index contributed by atoms with van der Waals surface area (Å²) in [6.45, 7) is 3.64. The second-order valence-electron chi connectivity index (χ2n) is 3.26. The zero-order chi connectivity index (χ0) is 11.1. The summed E-state index contributed by atoms with van der Waals surface area (Å²) in [6, 6.07) is 1.99. The molecule has 0 aliphatic heterocycles. The van der Waals surface area contributed by atoms with Gasteiger partial charge in [-0.15, -0.1) is 0 Å². The molecule has 0 atom stereocenters. The molecule has 1 aromatic heterocycles. The highest BCUT2D eigenvalue weighted by Gasteiger charge is 1.93. The lowest BCUT2D eigenvalue weighted by Gasteiger charge is -1.97. The van der Waals surface area contributed by atoms with E-state index in [1.54, 1.807) is 13.1 Å². The maximum Gasteiger partial charge on any atom is 0.185 e. The number of nitrogens with zero attached hydrogens (tertiary/aromatic N) is 1. The van der Waals surface area contributed by atoms with E-state index in [0.717, 1.165) is 12.2 Å². The van der Waals surface area contributed by atoms with Crippen LogP contribution in [0, 0.1) is 6.92 Å². The molecule has 0 aliphatic carbocycles. The van der Waals surface area contributed by atoms with E-state index in [0.29, 0.717) is 0 Å². The third-order valence-corrected chi connectivity index (χ3v) is 2.80. The monoisotopic (exact) mass is 221 g/mol. The van der Waals surface area contributed by atoms with Gasteiger partial charge in [0.25, 0.3) is 0 Å². The highest BCUT2D eigenvalue weighted by atomic mass is 32.2. The van der Waals surface area contributed by atoms with Gasteiger partial charge in [-0.25, -0.2) is 0 Å². The van der Waals surface area contributed by atoms with E-state index in [1.807, 2.05) is 19.2 Å². The lowest BCUT2D eigenvalue weighted by atomic mass is 10.1. The van der Waals surface area contributed by atoms with Crippen molar-refractivity contribution in [1.29, 1.82) is 0 Å². The molecular formula is C12H15NOS. The molecule has 1 heterocycles. The van der Waals surface area contributed by atoms with Gasteiger partial charge in [0, 0.05) is 25.1 Å². The summed E-state index contributed by atoms with van der Waals surface area (Å²) in [5, 5.41) is 0.184. The number of thioether (sulfide) groups is 1. The fraction of sp³-hybridized carbons (Fsp3) is 0.333. The second kappa shape index (κ2) is 6.40. The van der Waals surface area contributed by atoms with Gasteiger partial charge < -0.3 is 0 Å². The van der Waals surface area contributed by atoms with Crippen LogP contribution >= 0.6 is 11.8 Å². The van der Waals surface area contributed by atoms with Crippen molar-refractivity contribution in [2.75, 3.05) is 5.75 Å². The predicted molar refractivity (Wildman–Crippen MR) is 65.8 cm³/mol. The molecule has 3 heteroatoms. The minimum Gasteiger partial charge on any atom is -0.288 e. The lowest BCUT2D eigenvalue weighted by Crippen LogP contribution is -1.84. The topological polar surface area (TPSA) is 30.0 Å². The van der Waals surface area contributed by atoms with Crippen molar-refractivity contribution >= 4 is 23.0 Å². The van der Waals surface area contributed by atoms with E-state index >= 15 is 0 Å². The summed E-state index contributed by atoms with van der Waals surface area (Å²) < 4.78 is 0. The maximum atomic E-state index is 10.7. The SMILES string of the molecule is CC(=O)SCCC=Cc1ccncc1C. The van der Waals surface area contributed by atoms with Crippen molar-refractivity contribution in [2.24, 2.45) is 0 Å². The molecule has 0 aliphatic rings. The van der Waals surface area contributed by atoms with Crippen LogP contribution < -0.4 is 0 Å². The van der Waals surface area contributed by atoms with Crippen LogP contribution in [0.4, 0.5) is 0 Å². The van der Waals surface area contributed by atoms with E-state index < -0.39 is 0 Å². The highest BCUT2D eigenvalue weighted by Crippen LogP contribution is 2.09. The third-order valence-electron chi connectivity index (χ3n) is 1.95. The smallest absolute Gasteiger partial charge is 0.185 e. The van der Waals surface area contributed by atoms with E-state index in [1.165, 1.54) is 22.9 Å². The first-order chi connectivity index (χ1) is 7.20. The lowest BCUT2D eigenvalue weighted by molar-refractivity contribution is -0.109. The van der Waals surface area contributed by atoms with Crippen LogP contribution in [0.5, 0.6) is 0 Å². The maximum absolute atomic E-state index is 10.7. The van der Waals surface area contributed by atoms with E-state index in [-0.39, 0.29) is 5.12 Å². The Kier molecular flexibility index (Phi) is 5.12. The Morgan fingerprint density at radius 3 is 3.07 bits per heavy atom. The second-order valence-corrected chi connectivity index (χ2v) is 4.54. The van der Waals surface area contributed by atoms with Crippen molar-refractivity contribution < 1.29 is 4.79 Å². The largest absolute Gasteiger partial charge is 0.288 e. The molecular weight excluding hydrogens is 206 g/mol.